The summed E-state index contributed by atoms with van der Waals surface area (Å²) < 4.78 is 0. The normalized spacial score (nSPS) is 12.3. The Bertz CT molecular complexity index is 488. The van der Waals surface area contributed by atoms with E-state index < -0.39 is 5.97 Å². The first-order valence-corrected chi connectivity index (χ1v) is 7.46. The topological polar surface area (TPSA) is 49.3 Å². The maximum atomic E-state index is 10.5. The van der Waals surface area contributed by atoms with E-state index in [9.17, 15) is 4.79 Å². The summed E-state index contributed by atoms with van der Waals surface area (Å²) in [5, 5.41) is 12.1. The molecule has 1 aromatic rings. The van der Waals surface area contributed by atoms with Crippen molar-refractivity contribution in [1.82, 2.24) is 0 Å². The van der Waals surface area contributed by atoms with Crippen molar-refractivity contribution in [1.29, 1.82) is 0 Å². The molecule has 0 aliphatic heterocycles. The number of carbonyl (C=O) groups is 1. The van der Waals surface area contributed by atoms with Crippen LogP contribution in [0.5, 0.6) is 0 Å². The Balaban J connectivity index is 2.63. The van der Waals surface area contributed by atoms with Crippen molar-refractivity contribution in [3.8, 4) is 0 Å². The zero-order valence-electron chi connectivity index (χ0n) is 12.9. The summed E-state index contributed by atoms with van der Waals surface area (Å²) in [6.07, 6.45) is 7.47. The minimum atomic E-state index is -0.935. The first kappa shape index (κ1) is 17.0. The molecule has 0 saturated carbocycles. The van der Waals surface area contributed by atoms with Gasteiger partial charge in [-0.1, -0.05) is 50.5 Å². The Morgan fingerprint density at radius 1 is 1.33 bits per heavy atom. The van der Waals surface area contributed by atoms with Gasteiger partial charge < -0.3 is 10.4 Å². The van der Waals surface area contributed by atoms with Gasteiger partial charge in [0, 0.05) is 17.8 Å². The van der Waals surface area contributed by atoms with Gasteiger partial charge in [-0.15, -0.1) is 0 Å². The third kappa shape index (κ3) is 6.80. The summed E-state index contributed by atoms with van der Waals surface area (Å²) >= 11 is 0. The van der Waals surface area contributed by atoms with Gasteiger partial charge in [0.2, 0.25) is 0 Å². The van der Waals surface area contributed by atoms with Gasteiger partial charge in [0.25, 0.3) is 0 Å². The Kier molecular flexibility index (Phi) is 7.30. The van der Waals surface area contributed by atoms with Crippen molar-refractivity contribution in [2.45, 2.75) is 45.6 Å². The van der Waals surface area contributed by atoms with E-state index in [2.05, 4.69) is 18.8 Å². The predicted octanol–water partition coefficient (Wildman–Crippen LogP) is 4.72. The molecular formula is C18H25NO2. The number of carboxylic acids is 1. The Hall–Kier alpha value is -2.03. The molecule has 0 fully saturated rings. The molecule has 0 spiro atoms. The van der Waals surface area contributed by atoms with Gasteiger partial charge in [0.1, 0.15) is 0 Å². The minimum absolute atomic E-state index is 0.289. The molecule has 0 radical (unpaired) electrons. The zero-order valence-corrected chi connectivity index (χ0v) is 12.9. The first-order chi connectivity index (χ1) is 10.0. The number of nitrogens with one attached hydrogen (secondary N) is 1. The number of carboxylic acid groups (broad SMARTS) is 1. The van der Waals surface area contributed by atoms with E-state index in [1.165, 1.54) is 19.3 Å². The lowest BCUT2D eigenvalue weighted by Gasteiger charge is -2.20. The van der Waals surface area contributed by atoms with Crippen LogP contribution in [0.4, 0.5) is 5.69 Å². The highest BCUT2D eigenvalue weighted by molar-refractivity contribution is 5.85. The highest BCUT2D eigenvalue weighted by Crippen LogP contribution is 2.18. The lowest BCUT2D eigenvalue weighted by atomic mass is 10.0. The molecule has 3 heteroatoms. The van der Waals surface area contributed by atoms with Crippen molar-refractivity contribution in [3.63, 3.8) is 0 Å². The van der Waals surface area contributed by atoms with Gasteiger partial charge in [-0.05, 0) is 37.1 Å². The van der Waals surface area contributed by atoms with Crippen molar-refractivity contribution < 1.29 is 9.90 Å². The average molecular weight is 287 g/mol. The number of aliphatic carboxylic acids is 1. The van der Waals surface area contributed by atoms with Gasteiger partial charge in [-0.3, -0.25) is 0 Å². The van der Waals surface area contributed by atoms with Crippen LogP contribution in [0, 0.1) is 0 Å². The number of anilines is 1. The fourth-order valence-electron chi connectivity index (χ4n) is 2.10. The molecule has 0 bridgehead atoms. The average Bonchev–Trinajstić information content (AvgIpc) is 2.45. The van der Waals surface area contributed by atoms with Gasteiger partial charge in [-0.25, -0.2) is 4.79 Å². The molecular weight excluding hydrogens is 262 g/mol. The smallest absolute Gasteiger partial charge is 0.328 e. The van der Waals surface area contributed by atoms with Crippen LogP contribution in [0.25, 0.3) is 6.08 Å². The largest absolute Gasteiger partial charge is 0.478 e. The maximum absolute atomic E-state index is 10.5. The number of hydrogen-bond donors (Lipinski definition) is 2. The van der Waals surface area contributed by atoms with E-state index in [1.54, 1.807) is 6.08 Å². The highest BCUT2D eigenvalue weighted by atomic mass is 16.4. The molecule has 0 aromatic heterocycles. The first-order valence-electron chi connectivity index (χ1n) is 7.46. The third-order valence-electron chi connectivity index (χ3n) is 3.36. The lowest BCUT2D eigenvalue weighted by molar-refractivity contribution is -0.131. The molecule has 0 amide bonds. The molecule has 0 saturated heterocycles. The van der Waals surface area contributed by atoms with Crippen LogP contribution in [0.2, 0.25) is 0 Å². The predicted molar refractivity (Wildman–Crippen MR) is 89.5 cm³/mol. The van der Waals surface area contributed by atoms with E-state index in [0.29, 0.717) is 0 Å². The van der Waals surface area contributed by atoms with E-state index >= 15 is 0 Å². The van der Waals surface area contributed by atoms with E-state index in [0.717, 1.165) is 29.3 Å². The molecule has 1 aromatic carbocycles. The van der Waals surface area contributed by atoms with Crippen molar-refractivity contribution in [3.05, 3.63) is 48.1 Å². The number of hydrogen-bond acceptors (Lipinski definition) is 2. The van der Waals surface area contributed by atoms with Crippen LogP contribution in [0.1, 0.15) is 45.1 Å². The molecule has 114 valence electrons. The van der Waals surface area contributed by atoms with Gasteiger partial charge in [0.05, 0.1) is 0 Å². The molecule has 0 aliphatic rings. The lowest BCUT2D eigenvalue weighted by Crippen LogP contribution is -2.20. The van der Waals surface area contributed by atoms with Crippen LogP contribution in [-0.2, 0) is 4.79 Å². The van der Waals surface area contributed by atoms with Crippen LogP contribution in [0.15, 0.2) is 42.5 Å². The van der Waals surface area contributed by atoms with Crippen LogP contribution < -0.4 is 5.32 Å². The summed E-state index contributed by atoms with van der Waals surface area (Å²) in [5.74, 6) is -0.935. The maximum Gasteiger partial charge on any atom is 0.328 e. The number of benzene rings is 1. The fourth-order valence-corrected chi connectivity index (χ4v) is 2.10. The molecule has 2 N–H and O–H groups in total. The van der Waals surface area contributed by atoms with E-state index in [4.69, 9.17) is 5.11 Å². The Morgan fingerprint density at radius 3 is 2.52 bits per heavy atom. The highest BCUT2D eigenvalue weighted by Gasteiger charge is 2.08. The monoisotopic (exact) mass is 287 g/mol. The summed E-state index contributed by atoms with van der Waals surface area (Å²) in [5.41, 5.74) is 3.05. The Morgan fingerprint density at radius 2 is 2.00 bits per heavy atom. The Labute approximate surface area is 127 Å². The molecule has 3 nitrogen and oxygen atoms in total. The summed E-state index contributed by atoms with van der Waals surface area (Å²) in [6.45, 7) is 8.31. The minimum Gasteiger partial charge on any atom is -0.478 e. The zero-order chi connectivity index (χ0) is 15.7. The summed E-state index contributed by atoms with van der Waals surface area (Å²) in [7, 11) is 0. The molecule has 21 heavy (non-hydrogen) atoms. The quantitative estimate of drug-likeness (QED) is 0.392. The third-order valence-corrected chi connectivity index (χ3v) is 3.36. The van der Waals surface area contributed by atoms with Crippen molar-refractivity contribution in [2.75, 3.05) is 5.32 Å². The van der Waals surface area contributed by atoms with Gasteiger partial charge in [-0.2, -0.15) is 0 Å². The molecule has 0 heterocycles. The van der Waals surface area contributed by atoms with Crippen LogP contribution in [-0.4, -0.2) is 17.1 Å². The molecule has 0 aliphatic carbocycles. The summed E-state index contributed by atoms with van der Waals surface area (Å²) in [6, 6.07) is 8.04. The van der Waals surface area contributed by atoms with E-state index in [1.807, 2.05) is 31.2 Å². The van der Waals surface area contributed by atoms with Crippen molar-refractivity contribution in [2.24, 2.45) is 0 Å². The number of rotatable bonds is 9. The van der Waals surface area contributed by atoms with Gasteiger partial charge >= 0.3 is 5.97 Å². The molecule has 1 unspecified atom stereocenters. The second-order valence-corrected chi connectivity index (χ2v) is 5.33. The summed E-state index contributed by atoms with van der Waals surface area (Å²) in [4.78, 5) is 10.5. The van der Waals surface area contributed by atoms with Gasteiger partial charge in [0.15, 0.2) is 0 Å². The molecule has 1 atom stereocenters. The number of unbranched alkanes of at least 4 members (excludes halogenated alkanes) is 2. The SMILES string of the molecule is C=C(C)C(CCCCC)Nc1ccc(/C=C/C(=O)O)cc1. The second-order valence-electron chi connectivity index (χ2n) is 5.33. The molecule has 1 rings (SSSR count). The fraction of sp³-hybridized carbons (Fsp3) is 0.389. The van der Waals surface area contributed by atoms with Crippen molar-refractivity contribution >= 4 is 17.7 Å². The second kappa shape index (κ2) is 9.01. The van der Waals surface area contributed by atoms with Crippen LogP contribution in [0.3, 0.4) is 0 Å². The standard InChI is InChI=1S/C18H25NO2/c1-4-5-6-7-17(14(2)3)19-16-11-8-15(9-12-16)10-13-18(20)21/h8-13,17,19H,2,4-7H2,1,3H3,(H,20,21)/b13-10+. The van der Waals surface area contributed by atoms with Crippen LogP contribution >= 0.6 is 0 Å². The van der Waals surface area contributed by atoms with E-state index in [-0.39, 0.29) is 6.04 Å².